The van der Waals surface area contributed by atoms with Gasteiger partial charge in [-0.25, -0.2) is 4.79 Å². The van der Waals surface area contributed by atoms with Crippen molar-refractivity contribution in [2.45, 2.75) is 31.3 Å². The smallest absolute Gasteiger partial charge is 0.326 e. The largest absolute Gasteiger partial charge is 0.480 e. The van der Waals surface area contributed by atoms with Crippen LogP contribution in [-0.4, -0.2) is 35.0 Å². The first kappa shape index (κ1) is 16.0. The van der Waals surface area contributed by atoms with Crippen molar-refractivity contribution in [3.05, 3.63) is 48.0 Å². The molecule has 1 saturated heterocycles. The summed E-state index contributed by atoms with van der Waals surface area (Å²) in [6.07, 6.45) is 0.869. The van der Waals surface area contributed by atoms with E-state index in [0.29, 0.717) is 12.8 Å². The zero-order valence-corrected chi connectivity index (χ0v) is 13.0. The van der Waals surface area contributed by atoms with Crippen molar-refractivity contribution in [3.63, 3.8) is 0 Å². The van der Waals surface area contributed by atoms with Crippen molar-refractivity contribution in [1.29, 1.82) is 0 Å². The number of fused-ring (bicyclic) bond motifs is 1. The van der Waals surface area contributed by atoms with Gasteiger partial charge in [-0.05, 0) is 22.8 Å². The number of hydrogen-bond acceptors (Lipinski definition) is 3. The maximum absolute atomic E-state index is 12.2. The van der Waals surface area contributed by atoms with Gasteiger partial charge in [-0.2, -0.15) is 0 Å². The maximum Gasteiger partial charge on any atom is 0.326 e. The van der Waals surface area contributed by atoms with Gasteiger partial charge in [-0.1, -0.05) is 42.5 Å². The van der Waals surface area contributed by atoms with E-state index in [9.17, 15) is 19.5 Å². The van der Waals surface area contributed by atoms with Crippen molar-refractivity contribution in [2.75, 3.05) is 0 Å². The molecular formula is C18H18N2O4. The number of rotatable bonds is 5. The van der Waals surface area contributed by atoms with Crippen LogP contribution in [0.5, 0.6) is 0 Å². The van der Waals surface area contributed by atoms with E-state index < -0.39 is 24.0 Å². The van der Waals surface area contributed by atoms with Crippen LogP contribution >= 0.6 is 0 Å². The Kier molecular flexibility index (Phi) is 4.46. The fourth-order valence-electron chi connectivity index (χ4n) is 2.97. The molecule has 2 aromatic rings. The Morgan fingerprint density at radius 1 is 1.21 bits per heavy atom. The van der Waals surface area contributed by atoms with Crippen molar-refractivity contribution in [1.82, 2.24) is 10.6 Å². The highest BCUT2D eigenvalue weighted by Crippen LogP contribution is 2.20. The van der Waals surface area contributed by atoms with Crippen LogP contribution in [0, 0.1) is 0 Å². The summed E-state index contributed by atoms with van der Waals surface area (Å²) in [5.74, 6) is -1.73. The summed E-state index contributed by atoms with van der Waals surface area (Å²) in [6, 6.07) is 11.7. The third-order valence-corrected chi connectivity index (χ3v) is 4.23. The van der Waals surface area contributed by atoms with Gasteiger partial charge in [0.05, 0.1) is 0 Å². The third kappa shape index (κ3) is 3.37. The van der Waals surface area contributed by atoms with Gasteiger partial charge in [0, 0.05) is 12.8 Å². The molecule has 3 rings (SSSR count). The first-order valence-corrected chi connectivity index (χ1v) is 7.84. The predicted molar refractivity (Wildman–Crippen MR) is 88.4 cm³/mol. The van der Waals surface area contributed by atoms with Crippen LogP contribution < -0.4 is 10.6 Å². The van der Waals surface area contributed by atoms with Gasteiger partial charge >= 0.3 is 5.97 Å². The Labute approximate surface area is 138 Å². The summed E-state index contributed by atoms with van der Waals surface area (Å²) in [5, 5.41) is 16.5. The Morgan fingerprint density at radius 2 is 1.96 bits per heavy atom. The number of amides is 2. The first-order chi connectivity index (χ1) is 11.5. The number of nitrogens with one attached hydrogen (secondary N) is 2. The molecule has 3 N–H and O–H groups in total. The molecule has 0 saturated carbocycles. The summed E-state index contributed by atoms with van der Waals surface area (Å²) in [7, 11) is 0. The summed E-state index contributed by atoms with van der Waals surface area (Å²) >= 11 is 0. The molecule has 6 nitrogen and oxygen atoms in total. The van der Waals surface area contributed by atoms with Gasteiger partial charge in [0.25, 0.3) is 0 Å². The van der Waals surface area contributed by atoms with E-state index in [1.54, 1.807) is 0 Å². The predicted octanol–water partition coefficient (Wildman–Crippen LogP) is 1.23. The van der Waals surface area contributed by atoms with E-state index >= 15 is 0 Å². The van der Waals surface area contributed by atoms with Gasteiger partial charge in [-0.15, -0.1) is 0 Å². The first-order valence-electron chi connectivity index (χ1n) is 7.84. The molecule has 0 aliphatic carbocycles. The molecular weight excluding hydrogens is 308 g/mol. The average molecular weight is 326 g/mol. The molecule has 24 heavy (non-hydrogen) atoms. The zero-order valence-electron chi connectivity index (χ0n) is 13.0. The zero-order chi connectivity index (χ0) is 17.1. The Balaban J connectivity index is 1.77. The second-order valence-electron chi connectivity index (χ2n) is 5.90. The Bertz CT molecular complexity index is 797. The molecule has 1 heterocycles. The molecule has 0 spiro atoms. The lowest BCUT2D eigenvalue weighted by Gasteiger charge is -2.18. The third-order valence-electron chi connectivity index (χ3n) is 4.23. The molecule has 0 aromatic heterocycles. The van der Waals surface area contributed by atoms with E-state index in [1.807, 2.05) is 42.5 Å². The van der Waals surface area contributed by atoms with Crippen molar-refractivity contribution in [3.8, 4) is 0 Å². The number of carboxylic acid groups (broad SMARTS) is 1. The molecule has 2 atom stereocenters. The van der Waals surface area contributed by atoms with E-state index in [-0.39, 0.29) is 12.3 Å². The number of carbonyl (C=O) groups is 3. The molecule has 2 amide bonds. The van der Waals surface area contributed by atoms with Crippen molar-refractivity contribution >= 4 is 28.6 Å². The number of aliphatic carboxylic acids is 1. The van der Waals surface area contributed by atoms with Gasteiger partial charge in [-0.3, -0.25) is 9.59 Å². The fourth-order valence-corrected chi connectivity index (χ4v) is 2.97. The minimum atomic E-state index is -1.10. The van der Waals surface area contributed by atoms with Crippen molar-refractivity contribution < 1.29 is 19.5 Å². The van der Waals surface area contributed by atoms with Gasteiger partial charge < -0.3 is 15.7 Å². The number of benzene rings is 2. The second kappa shape index (κ2) is 6.70. The SMILES string of the molecule is O=C1CC[C@@H](C(=O)N[C@@H](Cc2cccc3ccccc23)C(=O)O)N1. The van der Waals surface area contributed by atoms with Crippen LogP contribution in [0.3, 0.4) is 0 Å². The van der Waals surface area contributed by atoms with Crippen LogP contribution in [0.25, 0.3) is 10.8 Å². The Hall–Kier alpha value is -2.89. The molecule has 124 valence electrons. The molecule has 1 aliphatic rings. The minimum Gasteiger partial charge on any atom is -0.480 e. The summed E-state index contributed by atoms with van der Waals surface area (Å²) in [4.78, 5) is 34.9. The van der Waals surface area contributed by atoms with Crippen LogP contribution in [0.1, 0.15) is 18.4 Å². The molecule has 0 unspecified atom stereocenters. The lowest BCUT2D eigenvalue weighted by molar-refractivity contribution is -0.142. The maximum atomic E-state index is 12.2. The lowest BCUT2D eigenvalue weighted by Crippen LogP contribution is -2.49. The van der Waals surface area contributed by atoms with Crippen LogP contribution in [0.2, 0.25) is 0 Å². The fraction of sp³-hybridized carbons (Fsp3) is 0.278. The van der Waals surface area contributed by atoms with E-state index in [4.69, 9.17) is 0 Å². The standard InChI is InChI=1S/C18H18N2O4/c21-16-9-8-14(19-16)17(22)20-15(18(23)24)10-12-6-3-5-11-4-1-2-7-13(11)12/h1-7,14-15H,8-10H2,(H,19,21)(H,20,22)(H,23,24)/t14-,15-/m0/s1. The summed E-state index contributed by atoms with van der Waals surface area (Å²) < 4.78 is 0. The minimum absolute atomic E-state index is 0.184. The van der Waals surface area contributed by atoms with E-state index in [0.717, 1.165) is 16.3 Å². The van der Waals surface area contributed by atoms with Gasteiger partial charge in [0.1, 0.15) is 12.1 Å². The molecule has 2 aromatic carbocycles. The second-order valence-corrected chi connectivity index (χ2v) is 5.90. The molecule has 6 heteroatoms. The van der Waals surface area contributed by atoms with Gasteiger partial charge in [0.2, 0.25) is 11.8 Å². The lowest BCUT2D eigenvalue weighted by atomic mass is 9.98. The van der Waals surface area contributed by atoms with Crippen molar-refractivity contribution in [2.24, 2.45) is 0 Å². The van der Waals surface area contributed by atoms with Gasteiger partial charge in [0.15, 0.2) is 0 Å². The molecule has 1 aliphatic heterocycles. The molecule has 0 radical (unpaired) electrons. The van der Waals surface area contributed by atoms with Crippen LogP contribution in [0.15, 0.2) is 42.5 Å². The molecule has 0 bridgehead atoms. The summed E-state index contributed by atoms with van der Waals surface area (Å²) in [6.45, 7) is 0. The average Bonchev–Trinajstić information content (AvgIpc) is 3.01. The number of hydrogen-bond donors (Lipinski definition) is 3. The monoisotopic (exact) mass is 326 g/mol. The number of carbonyl (C=O) groups excluding carboxylic acids is 2. The van der Waals surface area contributed by atoms with Crippen LogP contribution in [0.4, 0.5) is 0 Å². The number of carboxylic acids is 1. The topological polar surface area (TPSA) is 95.5 Å². The normalized spacial score (nSPS) is 18.2. The van der Waals surface area contributed by atoms with E-state index in [2.05, 4.69) is 10.6 Å². The highest BCUT2D eigenvalue weighted by atomic mass is 16.4. The highest BCUT2D eigenvalue weighted by molar-refractivity contribution is 5.93. The Morgan fingerprint density at radius 3 is 2.67 bits per heavy atom. The molecule has 1 fully saturated rings. The van der Waals surface area contributed by atoms with E-state index in [1.165, 1.54) is 0 Å². The summed E-state index contributed by atoms with van der Waals surface area (Å²) in [5.41, 5.74) is 0.858. The van der Waals surface area contributed by atoms with Crippen LogP contribution in [-0.2, 0) is 20.8 Å². The highest BCUT2D eigenvalue weighted by Gasteiger charge is 2.30. The quantitative estimate of drug-likeness (QED) is 0.770.